The zero-order valence-corrected chi connectivity index (χ0v) is 13.1. The monoisotopic (exact) mass is 340 g/mol. The molecule has 0 unspecified atom stereocenters. The highest BCUT2D eigenvalue weighted by Gasteiger charge is 2.17. The summed E-state index contributed by atoms with van der Waals surface area (Å²) in [4.78, 5) is 12.1. The molecule has 0 atom stereocenters. The van der Waals surface area contributed by atoms with Gasteiger partial charge >= 0.3 is 0 Å². The van der Waals surface area contributed by atoms with Gasteiger partial charge in [-0.05, 0) is 42.5 Å². The minimum atomic E-state index is -3.92. The first-order chi connectivity index (χ1) is 10.3. The van der Waals surface area contributed by atoms with Crippen LogP contribution < -0.4 is 15.2 Å². The van der Waals surface area contributed by atoms with Gasteiger partial charge in [0.2, 0.25) is 10.0 Å². The number of hydrogen-bond acceptors (Lipinski definition) is 4. The summed E-state index contributed by atoms with van der Waals surface area (Å²) in [5.74, 6) is -0.288. The summed E-state index contributed by atoms with van der Waals surface area (Å²) in [6, 6.07) is 10.3. The van der Waals surface area contributed by atoms with Gasteiger partial charge in [0.15, 0.2) is 0 Å². The van der Waals surface area contributed by atoms with Crippen LogP contribution in [0.15, 0.2) is 47.4 Å². The predicted molar refractivity (Wildman–Crippen MR) is 83.8 cm³/mol. The molecule has 116 valence electrons. The van der Waals surface area contributed by atoms with Gasteiger partial charge in [-0.3, -0.25) is 4.79 Å². The van der Waals surface area contributed by atoms with Gasteiger partial charge in [0, 0.05) is 10.7 Å². The first-order valence-corrected chi connectivity index (χ1v) is 8.01. The molecule has 2 aromatic rings. The zero-order chi connectivity index (χ0) is 16.3. The van der Waals surface area contributed by atoms with Crippen LogP contribution in [0.4, 0.5) is 5.69 Å². The van der Waals surface area contributed by atoms with Gasteiger partial charge in [0.05, 0.1) is 17.6 Å². The SMILES string of the molecule is COc1ccc(S(N)(=O)=O)cc1C(=O)Nc1ccc(Cl)cc1. The highest BCUT2D eigenvalue weighted by atomic mass is 35.5. The average molecular weight is 341 g/mol. The molecule has 2 aromatic carbocycles. The Morgan fingerprint density at radius 1 is 1.18 bits per heavy atom. The van der Waals surface area contributed by atoms with Crippen molar-refractivity contribution in [2.45, 2.75) is 4.90 Å². The number of nitrogens with one attached hydrogen (secondary N) is 1. The van der Waals surface area contributed by atoms with E-state index in [0.29, 0.717) is 10.7 Å². The largest absolute Gasteiger partial charge is 0.496 e. The molecule has 0 aliphatic rings. The van der Waals surface area contributed by atoms with E-state index >= 15 is 0 Å². The summed E-state index contributed by atoms with van der Waals surface area (Å²) in [6.45, 7) is 0. The lowest BCUT2D eigenvalue weighted by atomic mass is 10.2. The van der Waals surface area contributed by atoms with Crippen LogP contribution in [0.1, 0.15) is 10.4 Å². The normalized spacial score (nSPS) is 11.0. The number of primary sulfonamides is 1. The summed E-state index contributed by atoms with van der Waals surface area (Å²) in [6.07, 6.45) is 0. The molecule has 0 radical (unpaired) electrons. The van der Waals surface area contributed by atoms with Gasteiger partial charge in [0.25, 0.3) is 5.91 Å². The number of halogens is 1. The van der Waals surface area contributed by atoms with Crippen molar-refractivity contribution in [1.82, 2.24) is 0 Å². The van der Waals surface area contributed by atoms with E-state index in [1.165, 1.54) is 25.3 Å². The van der Waals surface area contributed by atoms with E-state index in [2.05, 4.69) is 5.32 Å². The Labute approximate surface area is 132 Å². The fourth-order valence-electron chi connectivity index (χ4n) is 1.77. The maximum Gasteiger partial charge on any atom is 0.259 e. The second-order valence-electron chi connectivity index (χ2n) is 4.37. The lowest BCUT2D eigenvalue weighted by molar-refractivity contribution is 0.102. The molecule has 2 rings (SSSR count). The molecular formula is C14H13ClN2O4S. The summed E-state index contributed by atoms with van der Waals surface area (Å²) in [5, 5.41) is 8.23. The number of carbonyl (C=O) groups is 1. The fraction of sp³-hybridized carbons (Fsp3) is 0.0714. The molecule has 0 saturated heterocycles. The van der Waals surface area contributed by atoms with E-state index in [9.17, 15) is 13.2 Å². The Bertz CT molecular complexity index is 804. The Balaban J connectivity index is 2.37. The summed E-state index contributed by atoms with van der Waals surface area (Å²) < 4.78 is 27.9. The second kappa shape index (κ2) is 6.35. The number of sulfonamides is 1. The average Bonchev–Trinajstić information content (AvgIpc) is 2.48. The standard InChI is InChI=1S/C14H13ClN2O4S/c1-21-13-7-6-11(22(16,19)20)8-12(13)14(18)17-10-4-2-9(15)3-5-10/h2-8H,1H3,(H,17,18)(H2,16,19,20). The van der Waals surface area contributed by atoms with Gasteiger partial charge in [-0.25, -0.2) is 13.6 Å². The molecule has 0 bridgehead atoms. The van der Waals surface area contributed by atoms with Crippen molar-refractivity contribution in [2.75, 3.05) is 12.4 Å². The van der Waals surface area contributed by atoms with Gasteiger partial charge in [-0.1, -0.05) is 11.6 Å². The number of nitrogens with two attached hydrogens (primary N) is 1. The molecule has 0 fully saturated rings. The Morgan fingerprint density at radius 2 is 1.82 bits per heavy atom. The Morgan fingerprint density at radius 3 is 2.36 bits per heavy atom. The number of ether oxygens (including phenoxy) is 1. The van der Waals surface area contributed by atoms with Gasteiger partial charge in [-0.2, -0.15) is 0 Å². The third-order valence-electron chi connectivity index (χ3n) is 2.85. The quantitative estimate of drug-likeness (QED) is 0.891. The topological polar surface area (TPSA) is 98.5 Å². The molecule has 0 aliphatic heterocycles. The first kappa shape index (κ1) is 16.3. The van der Waals surface area contributed by atoms with E-state index in [0.717, 1.165) is 0 Å². The lowest BCUT2D eigenvalue weighted by Gasteiger charge is -2.10. The van der Waals surface area contributed by atoms with Crippen LogP contribution in [0.3, 0.4) is 0 Å². The molecular weight excluding hydrogens is 328 g/mol. The van der Waals surface area contributed by atoms with Crippen LogP contribution in [0.5, 0.6) is 5.75 Å². The molecule has 0 spiro atoms. The Hall–Kier alpha value is -2.09. The number of rotatable bonds is 4. The van der Waals surface area contributed by atoms with Crippen LogP contribution in [-0.4, -0.2) is 21.4 Å². The van der Waals surface area contributed by atoms with Crippen molar-refractivity contribution < 1.29 is 17.9 Å². The Kier molecular flexibility index (Phi) is 4.70. The van der Waals surface area contributed by atoms with E-state index in [1.807, 2.05) is 0 Å². The number of amides is 1. The van der Waals surface area contributed by atoms with E-state index in [-0.39, 0.29) is 16.2 Å². The van der Waals surface area contributed by atoms with Crippen LogP contribution in [0.25, 0.3) is 0 Å². The van der Waals surface area contributed by atoms with Crippen molar-refractivity contribution >= 4 is 33.2 Å². The molecule has 0 heterocycles. The van der Waals surface area contributed by atoms with E-state index in [1.54, 1.807) is 24.3 Å². The lowest BCUT2D eigenvalue weighted by Crippen LogP contribution is -2.16. The fourth-order valence-corrected chi connectivity index (χ4v) is 2.44. The number of benzene rings is 2. The maximum atomic E-state index is 12.3. The van der Waals surface area contributed by atoms with Gasteiger partial charge in [-0.15, -0.1) is 0 Å². The summed E-state index contributed by atoms with van der Waals surface area (Å²) in [7, 11) is -2.54. The summed E-state index contributed by atoms with van der Waals surface area (Å²) >= 11 is 5.77. The van der Waals surface area contributed by atoms with Crippen molar-refractivity contribution in [2.24, 2.45) is 5.14 Å². The first-order valence-electron chi connectivity index (χ1n) is 6.09. The molecule has 3 N–H and O–H groups in total. The van der Waals surface area contributed by atoms with Crippen LogP contribution in [-0.2, 0) is 10.0 Å². The van der Waals surface area contributed by atoms with Crippen LogP contribution in [0, 0.1) is 0 Å². The number of anilines is 1. The highest BCUT2D eigenvalue weighted by molar-refractivity contribution is 7.89. The second-order valence-corrected chi connectivity index (χ2v) is 6.37. The smallest absolute Gasteiger partial charge is 0.259 e. The summed E-state index contributed by atoms with van der Waals surface area (Å²) in [5.41, 5.74) is 0.571. The van der Waals surface area contributed by atoms with Crippen molar-refractivity contribution in [3.8, 4) is 5.75 Å². The molecule has 22 heavy (non-hydrogen) atoms. The van der Waals surface area contributed by atoms with Crippen LogP contribution >= 0.6 is 11.6 Å². The van der Waals surface area contributed by atoms with Crippen molar-refractivity contribution in [3.05, 3.63) is 53.1 Å². The van der Waals surface area contributed by atoms with Crippen molar-refractivity contribution in [3.63, 3.8) is 0 Å². The van der Waals surface area contributed by atoms with E-state index < -0.39 is 15.9 Å². The molecule has 0 aromatic heterocycles. The molecule has 0 saturated carbocycles. The maximum absolute atomic E-state index is 12.3. The van der Waals surface area contributed by atoms with Gasteiger partial charge in [0.1, 0.15) is 5.75 Å². The van der Waals surface area contributed by atoms with E-state index in [4.69, 9.17) is 21.5 Å². The minimum Gasteiger partial charge on any atom is -0.496 e. The third-order valence-corrected chi connectivity index (χ3v) is 4.01. The third kappa shape index (κ3) is 3.76. The molecule has 1 amide bonds. The predicted octanol–water partition coefficient (Wildman–Crippen LogP) is 2.25. The number of carbonyl (C=O) groups excluding carboxylic acids is 1. The van der Waals surface area contributed by atoms with Crippen molar-refractivity contribution in [1.29, 1.82) is 0 Å². The number of methoxy groups -OCH3 is 1. The zero-order valence-electron chi connectivity index (χ0n) is 11.5. The number of hydrogen-bond donors (Lipinski definition) is 2. The highest BCUT2D eigenvalue weighted by Crippen LogP contribution is 2.23. The van der Waals surface area contributed by atoms with Gasteiger partial charge < -0.3 is 10.1 Å². The minimum absolute atomic E-state index is 0.0592. The molecule has 8 heteroatoms. The molecule has 0 aliphatic carbocycles. The molecule has 6 nitrogen and oxygen atoms in total. The van der Waals surface area contributed by atoms with Crippen LogP contribution in [0.2, 0.25) is 5.02 Å².